The fourth-order valence-electron chi connectivity index (χ4n) is 2.79. The van der Waals surface area contributed by atoms with Crippen molar-refractivity contribution in [2.24, 2.45) is 22.5 Å². The molecule has 1 aromatic rings. The van der Waals surface area contributed by atoms with Crippen LogP contribution in [0, 0.1) is 16.7 Å². The van der Waals surface area contributed by atoms with E-state index in [0.29, 0.717) is 5.56 Å². The summed E-state index contributed by atoms with van der Waals surface area (Å²) in [4.78, 5) is 49.0. The van der Waals surface area contributed by atoms with Gasteiger partial charge < -0.3 is 38.9 Å². The van der Waals surface area contributed by atoms with E-state index in [1.807, 2.05) is 55.4 Å². The second-order valence-electron chi connectivity index (χ2n) is 12.9. The highest BCUT2D eigenvalue weighted by Gasteiger charge is 2.23. The van der Waals surface area contributed by atoms with Crippen molar-refractivity contribution in [3.8, 4) is 11.5 Å². The van der Waals surface area contributed by atoms with Crippen molar-refractivity contribution in [2.45, 2.75) is 93.9 Å². The van der Waals surface area contributed by atoms with Crippen LogP contribution in [0.3, 0.4) is 0 Å². The van der Waals surface area contributed by atoms with Gasteiger partial charge in [0.05, 0.1) is 13.2 Å². The molecule has 0 fully saturated rings. The van der Waals surface area contributed by atoms with Crippen molar-refractivity contribution in [2.75, 3.05) is 19.8 Å². The molecular weight excluding hydrogens is 550 g/mol. The van der Waals surface area contributed by atoms with Crippen LogP contribution in [0.25, 0.3) is 0 Å². The van der Waals surface area contributed by atoms with Gasteiger partial charge in [0.1, 0.15) is 24.9 Å². The summed E-state index contributed by atoms with van der Waals surface area (Å²) in [7, 11) is 0. The van der Waals surface area contributed by atoms with Crippen LogP contribution >= 0.6 is 0 Å². The highest BCUT2D eigenvalue weighted by molar-refractivity contribution is 5.76. The summed E-state index contributed by atoms with van der Waals surface area (Å²) in [6.45, 7) is 18.4. The van der Waals surface area contributed by atoms with Gasteiger partial charge in [0.2, 0.25) is 0 Å². The quantitative estimate of drug-likeness (QED) is 0.175. The lowest BCUT2D eigenvalue weighted by atomic mass is 9.99. The molecule has 1 unspecified atom stereocenters. The number of hydrogen-bond acceptors (Lipinski definition) is 12. The van der Waals surface area contributed by atoms with Gasteiger partial charge in [-0.25, -0.2) is 14.4 Å². The molecule has 3 atom stereocenters. The lowest BCUT2D eigenvalue weighted by Gasteiger charge is -2.20. The summed E-state index contributed by atoms with van der Waals surface area (Å²) in [5, 5.41) is 0. The minimum atomic E-state index is -1.10. The summed E-state index contributed by atoms with van der Waals surface area (Å²) >= 11 is 0. The van der Waals surface area contributed by atoms with Crippen LogP contribution in [0.4, 0.5) is 14.4 Å². The standard InChI is InChI=1S/C30H47NO11/c1-18(2)20(4)40-28(35)39-19(3)15-36-25(32)22(31)13-21-11-12-23(41-26(33)37-16-29(5,6)7)24(14-21)42-27(34)38-17-30(8,9)10/h11-12,14,18-20,22H,13,15-17,31H2,1-10H3/t19-,20?,22-/m0/s1. The van der Waals surface area contributed by atoms with Crippen LogP contribution in [-0.2, 0) is 34.9 Å². The smallest absolute Gasteiger partial charge is 0.461 e. The zero-order valence-corrected chi connectivity index (χ0v) is 26.4. The highest BCUT2D eigenvalue weighted by atomic mass is 16.8. The molecule has 1 rings (SSSR count). The van der Waals surface area contributed by atoms with Crippen LogP contribution in [-0.4, -0.2) is 62.5 Å². The first kappa shape index (κ1) is 36.5. The van der Waals surface area contributed by atoms with E-state index in [9.17, 15) is 19.2 Å². The maximum atomic E-state index is 12.5. The average Bonchev–Trinajstić information content (AvgIpc) is 2.85. The second-order valence-corrected chi connectivity index (χ2v) is 12.9. The number of hydrogen-bond donors (Lipinski definition) is 1. The maximum absolute atomic E-state index is 12.5. The third-order valence-corrected chi connectivity index (χ3v) is 5.38. The normalized spacial score (nSPS) is 13.8. The molecule has 0 aliphatic carbocycles. The first-order chi connectivity index (χ1) is 19.3. The van der Waals surface area contributed by atoms with Gasteiger partial charge in [-0.15, -0.1) is 0 Å². The fraction of sp³-hybridized carbons (Fsp3) is 0.667. The molecule has 0 aliphatic rings. The Bertz CT molecular complexity index is 1060. The summed E-state index contributed by atoms with van der Waals surface area (Å²) < 4.78 is 36.3. The van der Waals surface area contributed by atoms with Crippen LogP contribution in [0.1, 0.15) is 74.8 Å². The van der Waals surface area contributed by atoms with Gasteiger partial charge in [-0.05, 0) is 54.7 Å². The SMILES string of the molecule is CC(C)C(C)OC(=O)O[C@@H](C)COC(=O)[C@@H](N)Cc1ccc(OC(=O)OCC(C)(C)C)c(OC(=O)OCC(C)(C)C)c1. The van der Waals surface area contributed by atoms with Crippen LogP contribution < -0.4 is 15.2 Å². The first-order valence-electron chi connectivity index (χ1n) is 13.9. The maximum Gasteiger partial charge on any atom is 0.513 e. The third-order valence-electron chi connectivity index (χ3n) is 5.38. The van der Waals surface area contributed by atoms with Crippen molar-refractivity contribution in [1.29, 1.82) is 0 Å². The Kier molecular flexibility index (Phi) is 14.1. The van der Waals surface area contributed by atoms with E-state index in [0.717, 1.165) is 0 Å². The molecule has 238 valence electrons. The minimum absolute atomic E-state index is 0.00976. The summed E-state index contributed by atoms with van der Waals surface area (Å²) in [6.07, 6.45) is -3.95. The molecule has 0 bridgehead atoms. The Hall–Kier alpha value is -3.54. The first-order valence-corrected chi connectivity index (χ1v) is 13.9. The number of nitrogens with two attached hydrogens (primary N) is 1. The lowest BCUT2D eigenvalue weighted by molar-refractivity contribution is -0.148. The number of benzene rings is 1. The molecule has 0 aromatic heterocycles. The van der Waals surface area contributed by atoms with Crippen molar-refractivity contribution >= 4 is 24.4 Å². The molecule has 42 heavy (non-hydrogen) atoms. The number of rotatable bonds is 12. The van der Waals surface area contributed by atoms with E-state index in [-0.39, 0.29) is 60.6 Å². The molecule has 12 nitrogen and oxygen atoms in total. The minimum Gasteiger partial charge on any atom is -0.461 e. The fourth-order valence-corrected chi connectivity index (χ4v) is 2.79. The molecule has 12 heteroatoms. The van der Waals surface area contributed by atoms with E-state index in [1.54, 1.807) is 19.9 Å². The van der Waals surface area contributed by atoms with Gasteiger partial charge in [0.25, 0.3) is 0 Å². The lowest BCUT2D eigenvalue weighted by Crippen LogP contribution is -2.36. The Morgan fingerprint density at radius 3 is 1.76 bits per heavy atom. The van der Waals surface area contributed by atoms with Crippen molar-refractivity contribution in [3.63, 3.8) is 0 Å². The monoisotopic (exact) mass is 597 g/mol. The Balaban J connectivity index is 2.88. The Morgan fingerprint density at radius 2 is 1.26 bits per heavy atom. The topological polar surface area (TPSA) is 159 Å². The molecular formula is C30H47NO11. The van der Waals surface area contributed by atoms with Gasteiger partial charge >= 0.3 is 24.4 Å². The zero-order chi connectivity index (χ0) is 32.3. The molecule has 0 amide bonds. The van der Waals surface area contributed by atoms with E-state index >= 15 is 0 Å². The molecule has 0 aliphatic heterocycles. The van der Waals surface area contributed by atoms with Gasteiger partial charge in [-0.2, -0.15) is 0 Å². The number of carbonyl (C=O) groups is 4. The summed E-state index contributed by atoms with van der Waals surface area (Å²) in [5.41, 5.74) is 5.92. The largest absolute Gasteiger partial charge is 0.513 e. The van der Waals surface area contributed by atoms with Gasteiger partial charge in [-0.3, -0.25) is 4.79 Å². The van der Waals surface area contributed by atoms with Crippen LogP contribution in [0.15, 0.2) is 18.2 Å². The Morgan fingerprint density at radius 1 is 0.738 bits per heavy atom. The summed E-state index contributed by atoms with van der Waals surface area (Å²) in [6, 6.07) is 3.23. The second kappa shape index (κ2) is 16.2. The van der Waals surface area contributed by atoms with E-state index in [1.165, 1.54) is 12.1 Å². The van der Waals surface area contributed by atoms with E-state index in [2.05, 4.69) is 0 Å². The molecule has 0 spiro atoms. The predicted octanol–water partition coefficient (Wildman–Crippen LogP) is 5.81. The number of ether oxygens (including phenoxy) is 7. The number of carbonyl (C=O) groups excluding carboxylic acids is 4. The van der Waals surface area contributed by atoms with Crippen molar-refractivity contribution < 1.29 is 52.3 Å². The van der Waals surface area contributed by atoms with Crippen LogP contribution in [0.2, 0.25) is 0 Å². The Labute approximate surface area is 248 Å². The van der Waals surface area contributed by atoms with Gasteiger partial charge in [-0.1, -0.05) is 61.5 Å². The number of esters is 1. The molecule has 1 aromatic carbocycles. The van der Waals surface area contributed by atoms with Gasteiger partial charge in [0.15, 0.2) is 11.5 Å². The van der Waals surface area contributed by atoms with E-state index < -0.39 is 36.6 Å². The summed E-state index contributed by atoms with van der Waals surface area (Å²) in [5.74, 6) is -0.846. The van der Waals surface area contributed by atoms with Crippen molar-refractivity contribution in [3.05, 3.63) is 23.8 Å². The molecule has 0 saturated carbocycles. The average molecular weight is 598 g/mol. The molecule has 0 heterocycles. The molecule has 2 N–H and O–H groups in total. The van der Waals surface area contributed by atoms with Crippen LogP contribution in [0.5, 0.6) is 11.5 Å². The predicted molar refractivity (Wildman–Crippen MR) is 153 cm³/mol. The molecule has 0 radical (unpaired) electrons. The zero-order valence-electron chi connectivity index (χ0n) is 26.4. The van der Waals surface area contributed by atoms with Crippen molar-refractivity contribution in [1.82, 2.24) is 0 Å². The van der Waals surface area contributed by atoms with E-state index in [4.69, 9.17) is 38.9 Å². The highest BCUT2D eigenvalue weighted by Crippen LogP contribution is 2.30. The molecule has 0 saturated heterocycles. The third kappa shape index (κ3) is 15.5. The van der Waals surface area contributed by atoms with Gasteiger partial charge in [0, 0.05) is 0 Å².